The first-order valence-electron chi connectivity index (χ1n) is 3.92. The fraction of sp³-hybridized carbons (Fsp3) is 0.333. The molecular formula is C9H11Br2NO. The summed E-state index contributed by atoms with van der Waals surface area (Å²) in [5, 5.41) is 12.6. The van der Waals surface area contributed by atoms with Crippen molar-refractivity contribution in [1.82, 2.24) is 5.32 Å². The summed E-state index contributed by atoms with van der Waals surface area (Å²) in [7, 11) is 1.82. The highest BCUT2D eigenvalue weighted by Gasteiger charge is 2.07. The van der Waals surface area contributed by atoms with E-state index in [9.17, 15) is 5.11 Å². The minimum atomic E-state index is -0.450. The van der Waals surface area contributed by atoms with E-state index < -0.39 is 6.10 Å². The van der Waals surface area contributed by atoms with Gasteiger partial charge in [0, 0.05) is 15.5 Å². The van der Waals surface area contributed by atoms with Crippen LogP contribution < -0.4 is 5.32 Å². The van der Waals surface area contributed by atoms with Gasteiger partial charge in [0.2, 0.25) is 0 Å². The summed E-state index contributed by atoms with van der Waals surface area (Å²) in [5.41, 5.74) is 0.907. The Bertz CT molecular complexity index is 291. The van der Waals surface area contributed by atoms with E-state index in [1.807, 2.05) is 25.2 Å². The maximum atomic E-state index is 9.64. The van der Waals surface area contributed by atoms with E-state index in [1.54, 1.807) is 0 Å². The predicted octanol–water partition coefficient (Wildman–Crippen LogP) is 2.46. The molecule has 1 aromatic rings. The van der Waals surface area contributed by atoms with E-state index >= 15 is 0 Å². The average Bonchev–Trinajstić information content (AvgIpc) is 2.10. The standard InChI is InChI=1S/C9H11Br2NO/c1-12-5-9(13)6-2-3-7(10)8(11)4-6/h2-4,9,12-13H,5H2,1H3. The highest BCUT2D eigenvalue weighted by atomic mass is 79.9. The normalized spacial score (nSPS) is 12.9. The van der Waals surface area contributed by atoms with Crippen molar-refractivity contribution < 1.29 is 5.11 Å². The molecule has 0 aliphatic carbocycles. The first-order chi connectivity index (χ1) is 6.15. The zero-order chi connectivity index (χ0) is 9.84. The third-order valence-corrected chi connectivity index (χ3v) is 3.61. The summed E-state index contributed by atoms with van der Waals surface area (Å²) < 4.78 is 1.95. The van der Waals surface area contributed by atoms with Crippen LogP contribution in [0.25, 0.3) is 0 Å². The van der Waals surface area contributed by atoms with Gasteiger partial charge in [-0.15, -0.1) is 0 Å². The number of likely N-dealkylation sites (N-methyl/N-ethyl adjacent to an activating group) is 1. The largest absolute Gasteiger partial charge is 0.387 e. The van der Waals surface area contributed by atoms with Gasteiger partial charge in [-0.05, 0) is 56.6 Å². The van der Waals surface area contributed by atoms with Crippen LogP contribution in [0.1, 0.15) is 11.7 Å². The third-order valence-electron chi connectivity index (χ3n) is 1.73. The summed E-state index contributed by atoms with van der Waals surface area (Å²) in [6.07, 6.45) is -0.450. The molecule has 13 heavy (non-hydrogen) atoms. The number of nitrogens with one attached hydrogen (secondary N) is 1. The van der Waals surface area contributed by atoms with Crippen LogP contribution >= 0.6 is 31.9 Å². The van der Waals surface area contributed by atoms with Gasteiger partial charge >= 0.3 is 0 Å². The van der Waals surface area contributed by atoms with Gasteiger partial charge < -0.3 is 10.4 Å². The molecule has 72 valence electrons. The summed E-state index contributed by atoms with van der Waals surface area (Å²) in [5.74, 6) is 0. The number of halogens is 2. The molecule has 0 radical (unpaired) electrons. The second-order valence-corrected chi connectivity index (χ2v) is 4.46. The van der Waals surface area contributed by atoms with Crippen LogP contribution in [-0.2, 0) is 0 Å². The second kappa shape index (κ2) is 5.10. The van der Waals surface area contributed by atoms with E-state index in [-0.39, 0.29) is 0 Å². The lowest BCUT2D eigenvalue weighted by molar-refractivity contribution is 0.177. The summed E-state index contributed by atoms with van der Waals surface area (Å²) >= 11 is 6.76. The Morgan fingerprint density at radius 2 is 2.08 bits per heavy atom. The van der Waals surface area contributed by atoms with E-state index in [1.165, 1.54) is 0 Å². The van der Waals surface area contributed by atoms with E-state index in [2.05, 4.69) is 37.2 Å². The molecule has 0 saturated carbocycles. The summed E-state index contributed by atoms with van der Waals surface area (Å²) in [6.45, 7) is 0.564. The molecule has 0 aromatic heterocycles. The maximum absolute atomic E-state index is 9.64. The average molecular weight is 309 g/mol. The molecule has 0 bridgehead atoms. The van der Waals surface area contributed by atoms with Gasteiger partial charge in [0.15, 0.2) is 0 Å². The number of benzene rings is 1. The summed E-state index contributed by atoms with van der Waals surface area (Å²) in [4.78, 5) is 0. The van der Waals surface area contributed by atoms with E-state index in [4.69, 9.17) is 0 Å². The molecule has 0 fully saturated rings. The molecule has 0 aliphatic heterocycles. The Hall–Kier alpha value is 0.1000. The number of hydrogen-bond donors (Lipinski definition) is 2. The zero-order valence-electron chi connectivity index (χ0n) is 7.22. The van der Waals surface area contributed by atoms with Gasteiger partial charge in [-0.3, -0.25) is 0 Å². The molecule has 1 unspecified atom stereocenters. The molecule has 2 N–H and O–H groups in total. The van der Waals surface area contributed by atoms with Gasteiger partial charge in [0.1, 0.15) is 0 Å². The third kappa shape index (κ3) is 3.06. The Morgan fingerprint density at radius 3 is 2.62 bits per heavy atom. The van der Waals surface area contributed by atoms with Crippen molar-refractivity contribution in [2.24, 2.45) is 0 Å². The van der Waals surface area contributed by atoms with Gasteiger partial charge in [-0.1, -0.05) is 6.07 Å². The van der Waals surface area contributed by atoms with E-state index in [0.717, 1.165) is 14.5 Å². The van der Waals surface area contributed by atoms with Crippen molar-refractivity contribution in [2.45, 2.75) is 6.10 Å². The van der Waals surface area contributed by atoms with Gasteiger partial charge in [-0.25, -0.2) is 0 Å². The molecule has 4 heteroatoms. The Balaban J connectivity index is 2.84. The zero-order valence-corrected chi connectivity index (χ0v) is 10.4. The molecule has 0 amide bonds. The van der Waals surface area contributed by atoms with Crippen molar-refractivity contribution in [2.75, 3.05) is 13.6 Å². The molecule has 1 rings (SSSR count). The number of rotatable bonds is 3. The van der Waals surface area contributed by atoms with Crippen molar-refractivity contribution in [3.8, 4) is 0 Å². The van der Waals surface area contributed by atoms with Crippen LogP contribution in [0.3, 0.4) is 0 Å². The SMILES string of the molecule is CNCC(O)c1ccc(Br)c(Br)c1. The smallest absolute Gasteiger partial charge is 0.0914 e. The Morgan fingerprint density at radius 1 is 1.38 bits per heavy atom. The number of aliphatic hydroxyl groups excluding tert-OH is 1. The van der Waals surface area contributed by atoms with Crippen LogP contribution in [0.4, 0.5) is 0 Å². The van der Waals surface area contributed by atoms with Gasteiger partial charge in [0.05, 0.1) is 6.10 Å². The quantitative estimate of drug-likeness (QED) is 0.899. The number of hydrogen-bond acceptors (Lipinski definition) is 2. The Kier molecular flexibility index (Phi) is 4.38. The van der Waals surface area contributed by atoms with Gasteiger partial charge in [0.25, 0.3) is 0 Å². The monoisotopic (exact) mass is 307 g/mol. The topological polar surface area (TPSA) is 32.3 Å². The maximum Gasteiger partial charge on any atom is 0.0914 e. The predicted molar refractivity (Wildman–Crippen MR) is 60.7 cm³/mol. The fourth-order valence-electron chi connectivity index (χ4n) is 1.03. The molecular weight excluding hydrogens is 298 g/mol. The Labute approximate surface area is 94.6 Å². The first-order valence-corrected chi connectivity index (χ1v) is 5.51. The van der Waals surface area contributed by atoms with Crippen molar-refractivity contribution in [3.05, 3.63) is 32.7 Å². The minimum absolute atomic E-state index is 0.450. The minimum Gasteiger partial charge on any atom is -0.387 e. The molecule has 1 atom stereocenters. The summed E-state index contributed by atoms with van der Waals surface area (Å²) in [6, 6.07) is 5.72. The first kappa shape index (κ1) is 11.2. The van der Waals surface area contributed by atoms with Gasteiger partial charge in [-0.2, -0.15) is 0 Å². The number of aliphatic hydroxyl groups is 1. The molecule has 0 spiro atoms. The highest BCUT2D eigenvalue weighted by molar-refractivity contribution is 9.13. The molecule has 2 nitrogen and oxygen atoms in total. The molecule has 1 aromatic carbocycles. The molecule has 0 heterocycles. The van der Waals surface area contributed by atoms with Crippen molar-refractivity contribution >= 4 is 31.9 Å². The van der Waals surface area contributed by atoms with Crippen molar-refractivity contribution in [3.63, 3.8) is 0 Å². The van der Waals surface area contributed by atoms with Crippen LogP contribution in [-0.4, -0.2) is 18.7 Å². The lowest BCUT2D eigenvalue weighted by atomic mass is 10.1. The molecule has 0 aliphatic rings. The second-order valence-electron chi connectivity index (χ2n) is 2.75. The molecule has 0 saturated heterocycles. The van der Waals surface area contributed by atoms with Crippen LogP contribution in [0.2, 0.25) is 0 Å². The lowest BCUT2D eigenvalue weighted by Crippen LogP contribution is -2.16. The van der Waals surface area contributed by atoms with Crippen LogP contribution in [0.5, 0.6) is 0 Å². The van der Waals surface area contributed by atoms with Crippen LogP contribution in [0.15, 0.2) is 27.1 Å². The fourth-order valence-corrected chi connectivity index (χ4v) is 1.67. The van der Waals surface area contributed by atoms with Crippen LogP contribution in [0, 0.1) is 0 Å². The highest BCUT2D eigenvalue weighted by Crippen LogP contribution is 2.26. The van der Waals surface area contributed by atoms with Crippen molar-refractivity contribution in [1.29, 1.82) is 0 Å². The van der Waals surface area contributed by atoms with E-state index in [0.29, 0.717) is 6.54 Å². The lowest BCUT2D eigenvalue weighted by Gasteiger charge is -2.10.